The second-order valence-corrected chi connectivity index (χ2v) is 4.32. The van der Waals surface area contributed by atoms with E-state index in [0.717, 1.165) is 11.1 Å². The van der Waals surface area contributed by atoms with Gasteiger partial charge in [0.25, 0.3) is 0 Å². The van der Waals surface area contributed by atoms with E-state index in [0.29, 0.717) is 17.9 Å². The molecule has 0 atom stereocenters. The van der Waals surface area contributed by atoms with Crippen LogP contribution in [0, 0.1) is 17.3 Å². The van der Waals surface area contributed by atoms with Crippen LogP contribution in [0.3, 0.4) is 0 Å². The van der Waals surface area contributed by atoms with E-state index in [1.165, 1.54) is 18.3 Å². The van der Waals surface area contributed by atoms with Gasteiger partial charge in [0.05, 0.1) is 18.1 Å². The summed E-state index contributed by atoms with van der Waals surface area (Å²) in [7, 11) is 0. The summed E-state index contributed by atoms with van der Waals surface area (Å²) in [5.74, 6) is 0.0417. The number of pyridine rings is 1. The molecule has 0 spiro atoms. The summed E-state index contributed by atoms with van der Waals surface area (Å²) in [4.78, 5) is 3.55. The van der Waals surface area contributed by atoms with Crippen LogP contribution in [-0.4, -0.2) is 15.2 Å². The zero-order valence-electron chi connectivity index (χ0n) is 10.8. The van der Waals surface area contributed by atoms with Crippen molar-refractivity contribution in [2.75, 3.05) is 0 Å². The van der Waals surface area contributed by atoms with Gasteiger partial charge in [-0.15, -0.1) is 10.2 Å². The van der Waals surface area contributed by atoms with Crippen molar-refractivity contribution < 1.29 is 8.81 Å². The Labute approximate surface area is 119 Å². The van der Waals surface area contributed by atoms with Gasteiger partial charge in [0, 0.05) is 11.8 Å². The first-order valence-electron chi connectivity index (χ1n) is 6.18. The predicted octanol–water partition coefficient (Wildman–Crippen LogP) is 3.00. The zero-order valence-corrected chi connectivity index (χ0v) is 10.8. The van der Waals surface area contributed by atoms with Crippen molar-refractivity contribution in [2.24, 2.45) is 0 Å². The van der Waals surface area contributed by atoms with Crippen molar-refractivity contribution in [1.82, 2.24) is 15.2 Å². The molecule has 2 aromatic heterocycles. The monoisotopic (exact) mass is 280 g/mol. The minimum Gasteiger partial charge on any atom is -0.416 e. The van der Waals surface area contributed by atoms with Crippen LogP contribution in [0.4, 0.5) is 4.39 Å². The van der Waals surface area contributed by atoms with Crippen LogP contribution in [0.15, 0.2) is 47.0 Å². The standard InChI is InChI=1S/C15H9FN4O/c16-13-5-4-12(9-18-13)15-20-19-14(21-15)11-3-1-2-10(8-11)6-7-17/h1-5,8-9H,6H2. The molecule has 0 saturated heterocycles. The molecule has 0 N–H and O–H groups in total. The van der Waals surface area contributed by atoms with Crippen molar-refractivity contribution in [1.29, 1.82) is 5.26 Å². The van der Waals surface area contributed by atoms with E-state index in [1.54, 1.807) is 0 Å². The zero-order chi connectivity index (χ0) is 14.7. The molecule has 0 saturated carbocycles. The molecule has 3 rings (SSSR count). The third-order valence-corrected chi connectivity index (χ3v) is 2.86. The number of aromatic nitrogens is 3. The lowest BCUT2D eigenvalue weighted by atomic mass is 10.1. The van der Waals surface area contributed by atoms with Crippen molar-refractivity contribution in [3.63, 3.8) is 0 Å². The van der Waals surface area contributed by atoms with Gasteiger partial charge in [0.15, 0.2) is 0 Å². The number of rotatable bonds is 3. The molecule has 0 aliphatic heterocycles. The van der Waals surface area contributed by atoms with Crippen LogP contribution in [0.1, 0.15) is 5.56 Å². The number of nitriles is 1. The number of nitrogens with zero attached hydrogens (tertiary/aromatic N) is 4. The molecule has 0 aliphatic carbocycles. The van der Waals surface area contributed by atoms with Crippen LogP contribution in [0.25, 0.3) is 22.9 Å². The van der Waals surface area contributed by atoms with Gasteiger partial charge >= 0.3 is 0 Å². The Kier molecular flexibility index (Phi) is 3.39. The van der Waals surface area contributed by atoms with Gasteiger partial charge in [-0.05, 0) is 29.8 Å². The average molecular weight is 280 g/mol. The normalized spacial score (nSPS) is 10.3. The Balaban J connectivity index is 1.93. The second-order valence-electron chi connectivity index (χ2n) is 4.32. The van der Waals surface area contributed by atoms with Gasteiger partial charge in [-0.3, -0.25) is 0 Å². The third kappa shape index (κ3) is 2.77. The Morgan fingerprint density at radius 1 is 1.10 bits per heavy atom. The van der Waals surface area contributed by atoms with E-state index in [1.807, 2.05) is 24.3 Å². The molecule has 5 nitrogen and oxygen atoms in total. The first-order valence-corrected chi connectivity index (χ1v) is 6.18. The smallest absolute Gasteiger partial charge is 0.249 e. The summed E-state index contributed by atoms with van der Waals surface area (Å²) in [6.45, 7) is 0. The van der Waals surface area contributed by atoms with Crippen molar-refractivity contribution in [3.05, 3.63) is 54.1 Å². The molecular formula is C15H9FN4O. The summed E-state index contributed by atoms with van der Waals surface area (Å²) < 4.78 is 18.3. The first kappa shape index (κ1) is 12.9. The lowest BCUT2D eigenvalue weighted by molar-refractivity contribution is 0.575. The van der Waals surface area contributed by atoms with Crippen molar-refractivity contribution in [2.45, 2.75) is 6.42 Å². The van der Waals surface area contributed by atoms with Gasteiger partial charge in [0.1, 0.15) is 0 Å². The predicted molar refractivity (Wildman–Crippen MR) is 72.2 cm³/mol. The summed E-state index contributed by atoms with van der Waals surface area (Å²) in [6, 6.07) is 12.2. The van der Waals surface area contributed by atoms with Crippen LogP contribution < -0.4 is 0 Å². The van der Waals surface area contributed by atoms with Crippen LogP contribution in [0.2, 0.25) is 0 Å². The minimum absolute atomic E-state index is 0.267. The molecule has 6 heteroatoms. The highest BCUT2D eigenvalue weighted by Gasteiger charge is 2.11. The van der Waals surface area contributed by atoms with Gasteiger partial charge in [-0.1, -0.05) is 12.1 Å². The SMILES string of the molecule is N#CCc1cccc(-c2nnc(-c3ccc(F)nc3)o2)c1. The Morgan fingerprint density at radius 2 is 1.90 bits per heavy atom. The second kappa shape index (κ2) is 5.51. The molecular weight excluding hydrogens is 271 g/mol. The highest BCUT2D eigenvalue weighted by Crippen LogP contribution is 2.24. The molecule has 21 heavy (non-hydrogen) atoms. The van der Waals surface area contributed by atoms with E-state index in [9.17, 15) is 4.39 Å². The van der Waals surface area contributed by atoms with E-state index in [-0.39, 0.29) is 5.89 Å². The van der Waals surface area contributed by atoms with Gasteiger partial charge < -0.3 is 4.42 Å². The maximum absolute atomic E-state index is 12.8. The maximum atomic E-state index is 12.8. The molecule has 0 unspecified atom stereocenters. The highest BCUT2D eigenvalue weighted by atomic mass is 19.1. The van der Waals surface area contributed by atoms with E-state index in [4.69, 9.17) is 9.68 Å². The Bertz CT molecular complexity index is 805. The molecule has 0 fully saturated rings. The average Bonchev–Trinajstić information content (AvgIpc) is 2.98. The summed E-state index contributed by atoms with van der Waals surface area (Å²) in [5.41, 5.74) is 2.15. The van der Waals surface area contributed by atoms with Crippen molar-refractivity contribution >= 4 is 0 Å². The topological polar surface area (TPSA) is 75.6 Å². The van der Waals surface area contributed by atoms with E-state index in [2.05, 4.69) is 21.3 Å². The van der Waals surface area contributed by atoms with Crippen LogP contribution in [-0.2, 0) is 6.42 Å². The van der Waals surface area contributed by atoms with Gasteiger partial charge in [0.2, 0.25) is 17.7 Å². The fraction of sp³-hybridized carbons (Fsp3) is 0.0667. The lowest BCUT2D eigenvalue weighted by Crippen LogP contribution is -1.83. The van der Waals surface area contributed by atoms with Gasteiger partial charge in [-0.2, -0.15) is 9.65 Å². The van der Waals surface area contributed by atoms with Gasteiger partial charge in [-0.25, -0.2) is 4.98 Å². The molecule has 102 valence electrons. The van der Waals surface area contributed by atoms with E-state index >= 15 is 0 Å². The Morgan fingerprint density at radius 3 is 2.62 bits per heavy atom. The lowest BCUT2D eigenvalue weighted by Gasteiger charge is -1.98. The fourth-order valence-corrected chi connectivity index (χ4v) is 1.86. The number of benzene rings is 1. The first-order chi connectivity index (χ1) is 10.3. The van der Waals surface area contributed by atoms with Crippen molar-refractivity contribution in [3.8, 4) is 29.0 Å². The molecule has 0 amide bonds. The fourth-order valence-electron chi connectivity index (χ4n) is 1.86. The summed E-state index contributed by atoms with van der Waals surface area (Å²) >= 11 is 0. The minimum atomic E-state index is -0.567. The number of halogens is 1. The van der Waals surface area contributed by atoms with Crippen LogP contribution in [0.5, 0.6) is 0 Å². The summed E-state index contributed by atoms with van der Waals surface area (Å²) in [6.07, 6.45) is 1.65. The maximum Gasteiger partial charge on any atom is 0.249 e. The number of hydrogen-bond donors (Lipinski definition) is 0. The largest absolute Gasteiger partial charge is 0.416 e. The third-order valence-electron chi connectivity index (χ3n) is 2.86. The quantitative estimate of drug-likeness (QED) is 0.689. The molecule has 2 heterocycles. The van der Waals surface area contributed by atoms with E-state index < -0.39 is 5.95 Å². The molecule has 3 aromatic rings. The Hall–Kier alpha value is -3.07. The highest BCUT2D eigenvalue weighted by molar-refractivity contribution is 5.57. The molecule has 1 aromatic carbocycles. The molecule has 0 aliphatic rings. The van der Waals surface area contributed by atoms with Crippen LogP contribution >= 0.6 is 0 Å². The molecule has 0 radical (unpaired) electrons. The number of hydrogen-bond acceptors (Lipinski definition) is 5. The summed E-state index contributed by atoms with van der Waals surface area (Å²) in [5, 5.41) is 16.6. The molecule has 0 bridgehead atoms.